The molecule has 4 heteroatoms. The summed E-state index contributed by atoms with van der Waals surface area (Å²) in [6.07, 6.45) is 2.30. The van der Waals surface area contributed by atoms with Crippen LogP contribution in [-0.2, 0) is 0 Å². The molecule has 2 aromatic rings. The summed E-state index contributed by atoms with van der Waals surface area (Å²) in [4.78, 5) is 16.8. The van der Waals surface area contributed by atoms with Crippen molar-refractivity contribution in [2.24, 2.45) is 0 Å². The second-order valence-corrected chi connectivity index (χ2v) is 5.88. The fraction of sp³-hybridized carbons (Fsp3) is 0.333. The number of hydrogen-bond acceptors (Lipinski definition) is 4. The predicted molar refractivity (Wildman–Crippen MR) is 79.8 cm³/mol. The fourth-order valence-electron chi connectivity index (χ4n) is 2.41. The van der Waals surface area contributed by atoms with Gasteiger partial charge in [-0.1, -0.05) is 18.2 Å². The maximum atomic E-state index is 12.4. The molecule has 2 heterocycles. The number of hydrogen-bond donors (Lipinski definition) is 1. The number of Topliss-reactive ketones (excluding diaryl/α,β-unsaturated/α-hetero) is 1. The molecule has 1 unspecified atom stereocenters. The number of aromatic nitrogens is 1. The first-order valence-corrected chi connectivity index (χ1v) is 7.68. The largest absolute Gasteiger partial charge is 0.312 e. The highest BCUT2D eigenvalue weighted by molar-refractivity contribution is 7.99. The Balaban J connectivity index is 1.85. The van der Waals surface area contributed by atoms with E-state index in [1.807, 2.05) is 42.1 Å². The summed E-state index contributed by atoms with van der Waals surface area (Å²) in [5.74, 6) is 2.34. The molecule has 1 N–H and O–H groups in total. The van der Waals surface area contributed by atoms with Gasteiger partial charge in [0.15, 0.2) is 5.78 Å². The number of nitrogens with zero attached hydrogens (tertiary/aromatic N) is 1. The van der Waals surface area contributed by atoms with Crippen LogP contribution < -0.4 is 5.32 Å². The van der Waals surface area contributed by atoms with E-state index in [0.717, 1.165) is 34.5 Å². The van der Waals surface area contributed by atoms with Gasteiger partial charge in [0.2, 0.25) is 0 Å². The van der Waals surface area contributed by atoms with Crippen LogP contribution in [0.2, 0.25) is 0 Å². The number of rotatable bonds is 3. The Bertz CT molecular complexity index is 588. The first kappa shape index (κ1) is 12.6. The van der Waals surface area contributed by atoms with Gasteiger partial charge in [-0.05, 0) is 12.1 Å². The SMILES string of the molecule is O=C(CC1CSCCN1)c1cccc2cccnc12. The van der Waals surface area contributed by atoms with E-state index in [-0.39, 0.29) is 5.78 Å². The number of ketones is 1. The van der Waals surface area contributed by atoms with Gasteiger partial charge in [0, 0.05) is 47.7 Å². The van der Waals surface area contributed by atoms with Crippen LogP contribution in [0.25, 0.3) is 10.9 Å². The molecule has 1 aromatic carbocycles. The third kappa shape index (κ3) is 2.80. The van der Waals surface area contributed by atoms with Gasteiger partial charge in [0.05, 0.1) is 5.52 Å². The molecular weight excluding hydrogens is 256 g/mol. The number of carbonyl (C=O) groups is 1. The zero-order valence-corrected chi connectivity index (χ0v) is 11.5. The molecule has 1 atom stereocenters. The van der Waals surface area contributed by atoms with Crippen LogP contribution >= 0.6 is 11.8 Å². The van der Waals surface area contributed by atoms with Crippen molar-refractivity contribution in [1.29, 1.82) is 0 Å². The molecule has 1 fully saturated rings. The highest BCUT2D eigenvalue weighted by Gasteiger charge is 2.19. The molecule has 1 aliphatic heterocycles. The van der Waals surface area contributed by atoms with Crippen LogP contribution in [0.1, 0.15) is 16.8 Å². The van der Waals surface area contributed by atoms with E-state index in [2.05, 4.69) is 10.3 Å². The third-order valence-corrected chi connectivity index (χ3v) is 4.49. The van der Waals surface area contributed by atoms with E-state index >= 15 is 0 Å². The Morgan fingerprint density at radius 3 is 3.11 bits per heavy atom. The topological polar surface area (TPSA) is 42.0 Å². The third-order valence-electron chi connectivity index (χ3n) is 3.36. The van der Waals surface area contributed by atoms with Crippen molar-refractivity contribution in [2.45, 2.75) is 12.5 Å². The number of nitrogens with one attached hydrogen (secondary N) is 1. The van der Waals surface area contributed by atoms with E-state index in [9.17, 15) is 4.79 Å². The van der Waals surface area contributed by atoms with Gasteiger partial charge in [0.1, 0.15) is 0 Å². The summed E-state index contributed by atoms with van der Waals surface area (Å²) in [5.41, 5.74) is 1.56. The van der Waals surface area contributed by atoms with Gasteiger partial charge in [-0.25, -0.2) is 0 Å². The number of benzene rings is 1. The van der Waals surface area contributed by atoms with Crippen LogP contribution in [0.15, 0.2) is 36.5 Å². The van der Waals surface area contributed by atoms with Gasteiger partial charge in [0.25, 0.3) is 0 Å². The average molecular weight is 272 g/mol. The van der Waals surface area contributed by atoms with Crippen LogP contribution in [0.4, 0.5) is 0 Å². The van der Waals surface area contributed by atoms with Gasteiger partial charge in [-0.3, -0.25) is 9.78 Å². The van der Waals surface area contributed by atoms with Gasteiger partial charge >= 0.3 is 0 Å². The lowest BCUT2D eigenvalue weighted by Crippen LogP contribution is -2.38. The molecule has 0 amide bonds. The maximum Gasteiger partial charge on any atom is 0.166 e. The van der Waals surface area contributed by atoms with Crippen LogP contribution in [0, 0.1) is 0 Å². The summed E-state index contributed by atoms with van der Waals surface area (Å²) in [7, 11) is 0. The summed E-state index contributed by atoms with van der Waals surface area (Å²) < 4.78 is 0. The Morgan fingerprint density at radius 2 is 2.26 bits per heavy atom. The maximum absolute atomic E-state index is 12.4. The van der Waals surface area contributed by atoms with E-state index < -0.39 is 0 Å². The molecule has 3 rings (SSSR count). The van der Waals surface area contributed by atoms with Crippen LogP contribution in [-0.4, -0.2) is 34.9 Å². The van der Waals surface area contributed by atoms with E-state index in [4.69, 9.17) is 0 Å². The van der Waals surface area contributed by atoms with Crippen LogP contribution in [0.5, 0.6) is 0 Å². The minimum Gasteiger partial charge on any atom is -0.312 e. The zero-order chi connectivity index (χ0) is 13.1. The lowest BCUT2D eigenvalue weighted by Gasteiger charge is -2.22. The van der Waals surface area contributed by atoms with Gasteiger partial charge < -0.3 is 5.32 Å². The van der Waals surface area contributed by atoms with Crippen molar-refractivity contribution in [3.63, 3.8) is 0 Å². The van der Waals surface area contributed by atoms with Crippen molar-refractivity contribution in [1.82, 2.24) is 10.3 Å². The number of carbonyl (C=O) groups excluding carboxylic acids is 1. The Hall–Kier alpha value is -1.39. The van der Waals surface area contributed by atoms with Crippen molar-refractivity contribution < 1.29 is 4.79 Å². The smallest absolute Gasteiger partial charge is 0.166 e. The molecule has 19 heavy (non-hydrogen) atoms. The molecule has 0 spiro atoms. The molecule has 98 valence electrons. The van der Waals surface area contributed by atoms with Crippen molar-refractivity contribution in [3.8, 4) is 0 Å². The first-order valence-electron chi connectivity index (χ1n) is 6.52. The Labute approximate surface area is 116 Å². The quantitative estimate of drug-likeness (QED) is 0.872. The summed E-state index contributed by atoms with van der Waals surface area (Å²) in [6, 6.07) is 10.00. The minimum absolute atomic E-state index is 0.185. The van der Waals surface area contributed by atoms with Crippen molar-refractivity contribution in [2.75, 3.05) is 18.1 Å². The van der Waals surface area contributed by atoms with Gasteiger partial charge in [-0.15, -0.1) is 0 Å². The number of para-hydroxylation sites is 1. The lowest BCUT2D eigenvalue weighted by atomic mass is 10.0. The molecule has 0 saturated carbocycles. The molecular formula is C15H16N2OS. The van der Waals surface area contributed by atoms with E-state index in [1.165, 1.54) is 0 Å². The summed E-state index contributed by atoms with van der Waals surface area (Å²) in [5, 5.41) is 4.43. The zero-order valence-electron chi connectivity index (χ0n) is 10.6. The molecule has 0 radical (unpaired) electrons. The summed E-state index contributed by atoms with van der Waals surface area (Å²) >= 11 is 1.91. The second-order valence-electron chi connectivity index (χ2n) is 4.73. The molecule has 0 bridgehead atoms. The highest BCUT2D eigenvalue weighted by Crippen LogP contribution is 2.19. The number of thioether (sulfide) groups is 1. The van der Waals surface area contributed by atoms with Gasteiger partial charge in [-0.2, -0.15) is 11.8 Å². The van der Waals surface area contributed by atoms with E-state index in [0.29, 0.717) is 12.5 Å². The number of fused-ring (bicyclic) bond motifs is 1. The minimum atomic E-state index is 0.185. The second kappa shape index (κ2) is 5.72. The van der Waals surface area contributed by atoms with Crippen molar-refractivity contribution >= 4 is 28.4 Å². The van der Waals surface area contributed by atoms with E-state index in [1.54, 1.807) is 6.20 Å². The lowest BCUT2D eigenvalue weighted by molar-refractivity contribution is 0.0973. The molecule has 1 aromatic heterocycles. The standard InChI is InChI=1S/C15H16N2OS/c18-14(9-12-10-19-8-7-16-12)13-5-1-3-11-4-2-6-17-15(11)13/h1-6,12,16H,7-10H2. The monoisotopic (exact) mass is 272 g/mol. The molecule has 1 aliphatic rings. The van der Waals surface area contributed by atoms with Crippen molar-refractivity contribution in [3.05, 3.63) is 42.1 Å². The predicted octanol–water partition coefficient (Wildman–Crippen LogP) is 2.51. The highest BCUT2D eigenvalue weighted by atomic mass is 32.2. The average Bonchev–Trinajstić information content (AvgIpc) is 2.47. The number of pyridine rings is 1. The Morgan fingerprint density at radius 1 is 1.37 bits per heavy atom. The fourth-order valence-corrected chi connectivity index (χ4v) is 3.36. The first-order chi connectivity index (χ1) is 9.34. The molecule has 1 saturated heterocycles. The molecule has 0 aliphatic carbocycles. The molecule has 3 nitrogen and oxygen atoms in total. The summed E-state index contributed by atoms with van der Waals surface area (Å²) in [6.45, 7) is 0.996. The van der Waals surface area contributed by atoms with Crippen LogP contribution in [0.3, 0.4) is 0 Å². The Kier molecular flexibility index (Phi) is 3.80. The normalized spacial score (nSPS) is 19.5.